The van der Waals surface area contributed by atoms with E-state index >= 15 is 0 Å². The highest BCUT2D eigenvalue weighted by molar-refractivity contribution is 5.99. The number of carbonyl (C=O) groups excluding carboxylic acids is 3. The summed E-state index contributed by atoms with van der Waals surface area (Å²) in [5.74, 6) is -0.572. The highest BCUT2D eigenvalue weighted by Crippen LogP contribution is 2.40. The van der Waals surface area contributed by atoms with Crippen molar-refractivity contribution in [3.8, 4) is 17.2 Å². The molecule has 2 aromatic rings. The van der Waals surface area contributed by atoms with Gasteiger partial charge in [0.25, 0.3) is 5.91 Å². The second-order valence-corrected chi connectivity index (χ2v) is 6.05. The Hall–Kier alpha value is -3.55. The number of anilines is 1. The molecular formula is C21H23NO7. The number of ketones is 1. The van der Waals surface area contributed by atoms with Crippen LogP contribution in [0.15, 0.2) is 36.4 Å². The molecule has 0 heterocycles. The number of amides is 1. The lowest BCUT2D eigenvalue weighted by atomic mass is 10.1. The summed E-state index contributed by atoms with van der Waals surface area (Å²) in [6, 6.07) is 9.40. The number of esters is 1. The van der Waals surface area contributed by atoms with E-state index in [2.05, 4.69) is 5.32 Å². The first-order valence-electron chi connectivity index (χ1n) is 8.74. The zero-order chi connectivity index (χ0) is 21.6. The van der Waals surface area contributed by atoms with Gasteiger partial charge in [0.2, 0.25) is 5.75 Å². The van der Waals surface area contributed by atoms with Crippen LogP contribution in [0.3, 0.4) is 0 Å². The molecule has 8 nitrogen and oxygen atoms in total. The maximum Gasteiger partial charge on any atom is 0.342 e. The van der Waals surface area contributed by atoms with Crippen molar-refractivity contribution >= 4 is 23.3 Å². The molecule has 0 aliphatic rings. The summed E-state index contributed by atoms with van der Waals surface area (Å²) in [5, 5.41) is 2.63. The Morgan fingerprint density at radius 2 is 1.48 bits per heavy atom. The van der Waals surface area contributed by atoms with Crippen molar-refractivity contribution in [3.63, 3.8) is 0 Å². The van der Waals surface area contributed by atoms with Crippen LogP contribution in [0.1, 0.15) is 34.6 Å². The van der Waals surface area contributed by atoms with E-state index in [1.807, 2.05) is 0 Å². The number of hydrogen-bond donors (Lipinski definition) is 1. The van der Waals surface area contributed by atoms with Crippen molar-refractivity contribution in [1.82, 2.24) is 0 Å². The van der Waals surface area contributed by atoms with Gasteiger partial charge in [-0.05, 0) is 50.2 Å². The van der Waals surface area contributed by atoms with E-state index in [1.54, 1.807) is 30.3 Å². The zero-order valence-electron chi connectivity index (χ0n) is 16.9. The van der Waals surface area contributed by atoms with E-state index in [-0.39, 0.29) is 22.8 Å². The van der Waals surface area contributed by atoms with Crippen LogP contribution in [0.4, 0.5) is 5.69 Å². The molecule has 0 aliphatic heterocycles. The minimum Gasteiger partial charge on any atom is -0.493 e. The van der Waals surface area contributed by atoms with Crippen LogP contribution >= 0.6 is 0 Å². The standard InChI is InChI=1S/C21H23NO7/c1-12(23)14-6-8-15(9-7-14)22-20(24)13(2)29-21(25)16-10-11-17(26-3)19(28-5)18(16)27-4/h6-11,13H,1-5H3,(H,22,24)/t13-/m1/s1. The van der Waals surface area contributed by atoms with Crippen LogP contribution < -0.4 is 19.5 Å². The van der Waals surface area contributed by atoms with Gasteiger partial charge in [0.05, 0.1) is 21.3 Å². The number of nitrogens with one attached hydrogen (secondary N) is 1. The van der Waals surface area contributed by atoms with Gasteiger partial charge in [-0.2, -0.15) is 0 Å². The Bertz CT molecular complexity index is 906. The van der Waals surface area contributed by atoms with E-state index in [9.17, 15) is 14.4 Å². The van der Waals surface area contributed by atoms with Crippen LogP contribution in [-0.4, -0.2) is 45.1 Å². The second-order valence-electron chi connectivity index (χ2n) is 6.05. The molecule has 0 saturated carbocycles. The van der Waals surface area contributed by atoms with Crippen LogP contribution in [0.2, 0.25) is 0 Å². The summed E-state index contributed by atoms with van der Waals surface area (Å²) in [7, 11) is 4.27. The molecule has 0 radical (unpaired) electrons. The summed E-state index contributed by atoms with van der Waals surface area (Å²) < 4.78 is 21.0. The maximum absolute atomic E-state index is 12.6. The third-order valence-corrected chi connectivity index (χ3v) is 4.14. The number of methoxy groups -OCH3 is 3. The molecule has 0 bridgehead atoms. The van der Waals surface area contributed by atoms with Crippen molar-refractivity contribution in [2.75, 3.05) is 26.6 Å². The Morgan fingerprint density at radius 3 is 2.00 bits per heavy atom. The highest BCUT2D eigenvalue weighted by atomic mass is 16.6. The number of hydrogen-bond acceptors (Lipinski definition) is 7. The summed E-state index contributed by atoms with van der Waals surface area (Å²) in [5.41, 5.74) is 1.10. The highest BCUT2D eigenvalue weighted by Gasteiger charge is 2.25. The van der Waals surface area contributed by atoms with E-state index in [1.165, 1.54) is 41.2 Å². The predicted octanol–water partition coefficient (Wildman–Crippen LogP) is 3.10. The summed E-state index contributed by atoms with van der Waals surface area (Å²) in [4.78, 5) is 36.2. The molecule has 0 spiro atoms. The van der Waals surface area contributed by atoms with Crippen molar-refractivity contribution in [3.05, 3.63) is 47.5 Å². The Kier molecular flexibility index (Phi) is 7.19. The maximum atomic E-state index is 12.6. The quantitative estimate of drug-likeness (QED) is 0.536. The number of rotatable bonds is 8. The van der Waals surface area contributed by atoms with Gasteiger partial charge in [-0.1, -0.05) is 0 Å². The van der Waals surface area contributed by atoms with Gasteiger partial charge in [0.1, 0.15) is 5.56 Å². The molecule has 154 valence electrons. The first-order chi connectivity index (χ1) is 13.8. The van der Waals surface area contributed by atoms with Gasteiger partial charge in [0.15, 0.2) is 23.4 Å². The van der Waals surface area contributed by atoms with Gasteiger partial charge in [-0.3, -0.25) is 9.59 Å². The molecule has 1 amide bonds. The lowest BCUT2D eigenvalue weighted by Gasteiger charge is -2.17. The van der Waals surface area contributed by atoms with Crippen LogP contribution in [0, 0.1) is 0 Å². The lowest BCUT2D eigenvalue weighted by Crippen LogP contribution is -2.30. The number of Topliss-reactive ketones (excluding diaryl/α,β-unsaturated/α-hetero) is 1. The zero-order valence-corrected chi connectivity index (χ0v) is 16.9. The second kappa shape index (κ2) is 9.59. The Balaban J connectivity index is 2.11. The average Bonchev–Trinajstić information content (AvgIpc) is 2.72. The van der Waals surface area contributed by atoms with Crippen molar-refractivity contribution in [1.29, 1.82) is 0 Å². The Morgan fingerprint density at radius 1 is 0.862 bits per heavy atom. The molecule has 1 N–H and O–H groups in total. The van der Waals surface area contributed by atoms with E-state index < -0.39 is 18.0 Å². The fourth-order valence-electron chi connectivity index (χ4n) is 2.57. The van der Waals surface area contributed by atoms with Crippen molar-refractivity contribution < 1.29 is 33.3 Å². The number of ether oxygens (including phenoxy) is 4. The molecule has 0 fully saturated rings. The topological polar surface area (TPSA) is 100 Å². The smallest absolute Gasteiger partial charge is 0.342 e. The van der Waals surface area contributed by atoms with E-state index in [0.717, 1.165) is 0 Å². The van der Waals surface area contributed by atoms with Gasteiger partial charge in [-0.15, -0.1) is 0 Å². The van der Waals surface area contributed by atoms with Crippen LogP contribution in [0.25, 0.3) is 0 Å². The first kappa shape index (κ1) is 21.7. The molecule has 0 saturated heterocycles. The normalized spacial score (nSPS) is 11.2. The van der Waals surface area contributed by atoms with Crippen LogP contribution in [0.5, 0.6) is 17.2 Å². The summed E-state index contributed by atoms with van der Waals surface area (Å²) in [6.07, 6.45) is -1.08. The number of carbonyl (C=O) groups is 3. The fraction of sp³-hybridized carbons (Fsp3) is 0.286. The molecule has 2 rings (SSSR count). The van der Waals surface area contributed by atoms with Crippen LogP contribution in [-0.2, 0) is 9.53 Å². The first-order valence-corrected chi connectivity index (χ1v) is 8.74. The third kappa shape index (κ3) is 5.04. The van der Waals surface area contributed by atoms with Gasteiger partial charge < -0.3 is 24.3 Å². The molecule has 8 heteroatoms. The third-order valence-electron chi connectivity index (χ3n) is 4.14. The molecule has 0 aromatic heterocycles. The molecule has 2 aromatic carbocycles. The van der Waals surface area contributed by atoms with Gasteiger partial charge in [-0.25, -0.2) is 4.79 Å². The minimum absolute atomic E-state index is 0.0750. The minimum atomic E-state index is -1.08. The molecule has 0 aliphatic carbocycles. The molecule has 1 atom stereocenters. The largest absolute Gasteiger partial charge is 0.493 e. The lowest BCUT2D eigenvalue weighted by molar-refractivity contribution is -0.123. The molecule has 29 heavy (non-hydrogen) atoms. The molecule has 0 unspecified atom stereocenters. The predicted molar refractivity (Wildman–Crippen MR) is 106 cm³/mol. The number of benzene rings is 2. The monoisotopic (exact) mass is 401 g/mol. The van der Waals surface area contributed by atoms with E-state index in [0.29, 0.717) is 17.0 Å². The van der Waals surface area contributed by atoms with Crippen molar-refractivity contribution in [2.24, 2.45) is 0 Å². The van der Waals surface area contributed by atoms with Gasteiger partial charge in [0, 0.05) is 11.3 Å². The molecular weight excluding hydrogens is 378 g/mol. The van der Waals surface area contributed by atoms with Gasteiger partial charge >= 0.3 is 5.97 Å². The summed E-state index contributed by atoms with van der Waals surface area (Å²) >= 11 is 0. The Labute approximate surface area is 168 Å². The van der Waals surface area contributed by atoms with E-state index in [4.69, 9.17) is 18.9 Å². The fourth-order valence-corrected chi connectivity index (χ4v) is 2.57. The SMILES string of the molecule is COc1ccc(C(=O)O[C@H](C)C(=O)Nc2ccc(C(C)=O)cc2)c(OC)c1OC. The van der Waals surface area contributed by atoms with Crippen molar-refractivity contribution in [2.45, 2.75) is 20.0 Å². The average molecular weight is 401 g/mol. The summed E-state index contributed by atoms with van der Waals surface area (Å²) in [6.45, 7) is 2.90.